The molecule has 1 saturated carbocycles. The summed E-state index contributed by atoms with van der Waals surface area (Å²) in [7, 11) is 0. The first-order chi connectivity index (χ1) is 14.9. The minimum absolute atomic E-state index is 0.0425. The molecular weight excluding hydrogens is 416 g/mol. The summed E-state index contributed by atoms with van der Waals surface area (Å²) in [6.45, 7) is 4.35. The number of rotatable bonds is 4. The van der Waals surface area contributed by atoms with Crippen LogP contribution in [-0.2, 0) is 27.2 Å². The van der Waals surface area contributed by atoms with E-state index in [1.54, 1.807) is 4.90 Å². The van der Waals surface area contributed by atoms with Crippen LogP contribution in [0.5, 0.6) is 0 Å². The minimum atomic E-state index is -0.916. The van der Waals surface area contributed by atoms with Gasteiger partial charge in [-0.25, -0.2) is 0 Å². The van der Waals surface area contributed by atoms with E-state index >= 15 is 0 Å². The Kier molecular flexibility index (Phi) is 5.38. The summed E-state index contributed by atoms with van der Waals surface area (Å²) >= 11 is 1.50. The molecule has 0 aromatic carbocycles. The Morgan fingerprint density at radius 1 is 1.16 bits per heavy atom. The second-order valence-electron chi connectivity index (χ2n) is 9.29. The maximum atomic E-state index is 13.5. The van der Waals surface area contributed by atoms with Gasteiger partial charge in [-0.05, 0) is 49.0 Å². The van der Waals surface area contributed by atoms with Crippen molar-refractivity contribution in [3.05, 3.63) is 28.2 Å². The quantitative estimate of drug-likeness (QED) is 0.697. The average molecular weight is 445 g/mol. The number of morpholine rings is 1. The van der Waals surface area contributed by atoms with E-state index < -0.39 is 17.8 Å². The lowest BCUT2D eigenvalue weighted by molar-refractivity contribution is -0.146. The van der Waals surface area contributed by atoms with Crippen LogP contribution in [0.1, 0.15) is 40.6 Å². The number of ether oxygens (including phenoxy) is 1. The molecule has 2 bridgehead atoms. The van der Waals surface area contributed by atoms with Gasteiger partial charge in [0.05, 0.1) is 30.6 Å². The summed E-state index contributed by atoms with van der Waals surface area (Å²) in [5, 5.41) is 13.3. The number of anilines is 1. The van der Waals surface area contributed by atoms with Gasteiger partial charge in [-0.3, -0.25) is 14.4 Å². The van der Waals surface area contributed by atoms with E-state index in [0.29, 0.717) is 49.2 Å². The SMILES string of the molecule is C[C@@H]1CCc2c(sc(NC(=O)[C@@H]3[C@H](C(=O)O)[C@H]4C=C[C@H]3C4)c2C(=O)N2CCOCC2)C1. The third-order valence-corrected chi connectivity index (χ3v) is 8.48. The molecule has 1 aliphatic heterocycles. The molecule has 0 unspecified atom stereocenters. The molecule has 4 aliphatic rings. The first-order valence-electron chi connectivity index (χ1n) is 11.2. The fourth-order valence-electron chi connectivity index (χ4n) is 5.70. The van der Waals surface area contributed by atoms with Gasteiger partial charge in [0, 0.05) is 18.0 Å². The van der Waals surface area contributed by atoms with Gasteiger partial charge in [-0.1, -0.05) is 19.1 Å². The van der Waals surface area contributed by atoms with Gasteiger partial charge in [-0.2, -0.15) is 0 Å². The third-order valence-electron chi connectivity index (χ3n) is 7.31. The molecule has 2 amide bonds. The molecule has 166 valence electrons. The molecule has 2 fully saturated rings. The van der Waals surface area contributed by atoms with Crippen LogP contribution in [0, 0.1) is 29.6 Å². The van der Waals surface area contributed by atoms with Crippen molar-refractivity contribution in [2.24, 2.45) is 29.6 Å². The van der Waals surface area contributed by atoms with Crippen molar-refractivity contribution in [2.75, 3.05) is 31.6 Å². The van der Waals surface area contributed by atoms with E-state index in [-0.39, 0.29) is 23.7 Å². The molecule has 0 radical (unpaired) electrons. The normalized spacial score (nSPS) is 31.5. The number of allylic oxidation sites excluding steroid dienone is 2. The van der Waals surface area contributed by atoms with Crippen LogP contribution in [0.2, 0.25) is 0 Å². The summed E-state index contributed by atoms with van der Waals surface area (Å²) in [5.74, 6) is -2.08. The van der Waals surface area contributed by atoms with Crippen molar-refractivity contribution in [1.29, 1.82) is 0 Å². The van der Waals surface area contributed by atoms with Gasteiger partial charge < -0.3 is 20.1 Å². The standard InChI is InChI=1S/C23H28N2O5S/c1-12-2-5-15-16(10-12)31-21(19(15)22(27)25-6-8-30-9-7-25)24-20(26)17-13-3-4-14(11-13)18(17)23(28)29/h3-4,12-14,17-18H,2,5-11H2,1H3,(H,24,26)(H,28,29)/t12-,13+,14+,17+,18-/m1/s1. The van der Waals surface area contributed by atoms with Gasteiger partial charge >= 0.3 is 5.97 Å². The van der Waals surface area contributed by atoms with Crippen molar-refractivity contribution >= 4 is 34.1 Å². The Labute approximate surface area is 185 Å². The van der Waals surface area contributed by atoms with E-state index in [4.69, 9.17) is 4.74 Å². The molecule has 1 aromatic rings. The number of hydrogen-bond donors (Lipinski definition) is 2. The number of amides is 2. The lowest BCUT2D eigenvalue weighted by atomic mass is 9.82. The van der Waals surface area contributed by atoms with Gasteiger partial charge in [0.1, 0.15) is 5.00 Å². The van der Waals surface area contributed by atoms with Crippen LogP contribution in [-0.4, -0.2) is 54.1 Å². The number of carbonyl (C=O) groups is 3. The number of hydrogen-bond acceptors (Lipinski definition) is 5. The summed E-state index contributed by atoms with van der Waals surface area (Å²) in [6.07, 6.45) is 7.41. The number of fused-ring (bicyclic) bond motifs is 3. The number of carboxylic acids is 1. The molecule has 5 atom stereocenters. The number of aliphatic carboxylic acids is 1. The van der Waals surface area contributed by atoms with E-state index in [1.165, 1.54) is 16.2 Å². The Balaban J connectivity index is 1.46. The third kappa shape index (κ3) is 3.59. The van der Waals surface area contributed by atoms with Crippen LogP contribution < -0.4 is 5.32 Å². The fourth-order valence-corrected chi connectivity index (χ4v) is 7.11. The molecule has 8 heteroatoms. The predicted molar refractivity (Wildman–Crippen MR) is 116 cm³/mol. The van der Waals surface area contributed by atoms with E-state index in [2.05, 4.69) is 12.2 Å². The van der Waals surface area contributed by atoms with E-state index in [9.17, 15) is 19.5 Å². The van der Waals surface area contributed by atoms with Crippen molar-refractivity contribution in [3.8, 4) is 0 Å². The Bertz CT molecular complexity index is 948. The Morgan fingerprint density at radius 3 is 2.58 bits per heavy atom. The highest BCUT2D eigenvalue weighted by molar-refractivity contribution is 7.17. The van der Waals surface area contributed by atoms with Crippen LogP contribution in [0.3, 0.4) is 0 Å². The monoisotopic (exact) mass is 444 g/mol. The van der Waals surface area contributed by atoms with Crippen LogP contribution >= 0.6 is 11.3 Å². The number of carboxylic acid groups (broad SMARTS) is 1. The first-order valence-corrected chi connectivity index (χ1v) is 12.0. The van der Waals surface area contributed by atoms with Crippen molar-refractivity contribution in [2.45, 2.75) is 32.6 Å². The summed E-state index contributed by atoms with van der Waals surface area (Å²) in [6, 6.07) is 0. The molecule has 7 nitrogen and oxygen atoms in total. The second kappa shape index (κ2) is 8.06. The number of thiophene rings is 1. The van der Waals surface area contributed by atoms with E-state index in [0.717, 1.165) is 24.8 Å². The molecule has 2 N–H and O–H groups in total. The maximum Gasteiger partial charge on any atom is 0.307 e. The molecular formula is C23H28N2O5S. The molecule has 3 aliphatic carbocycles. The highest BCUT2D eigenvalue weighted by Crippen LogP contribution is 2.49. The zero-order valence-electron chi connectivity index (χ0n) is 17.6. The largest absolute Gasteiger partial charge is 0.481 e. The smallest absolute Gasteiger partial charge is 0.307 e. The number of nitrogens with zero attached hydrogens (tertiary/aromatic N) is 1. The molecule has 1 saturated heterocycles. The van der Waals surface area contributed by atoms with Crippen molar-refractivity contribution in [1.82, 2.24) is 4.90 Å². The topological polar surface area (TPSA) is 95.9 Å². The van der Waals surface area contributed by atoms with Gasteiger partial charge in [0.2, 0.25) is 5.91 Å². The zero-order chi connectivity index (χ0) is 21.7. The summed E-state index contributed by atoms with van der Waals surface area (Å²) < 4.78 is 5.40. The van der Waals surface area contributed by atoms with Crippen molar-refractivity contribution < 1.29 is 24.2 Å². The van der Waals surface area contributed by atoms with Crippen molar-refractivity contribution in [3.63, 3.8) is 0 Å². The molecule has 2 heterocycles. The van der Waals surface area contributed by atoms with Gasteiger partial charge in [0.25, 0.3) is 5.91 Å². The Hall–Kier alpha value is -2.19. The maximum absolute atomic E-state index is 13.5. The second-order valence-corrected chi connectivity index (χ2v) is 10.4. The van der Waals surface area contributed by atoms with E-state index in [1.807, 2.05) is 12.2 Å². The number of carbonyl (C=O) groups excluding carboxylic acids is 2. The number of nitrogens with one attached hydrogen (secondary N) is 1. The highest BCUT2D eigenvalue weighted by atomic mass is 32.1. The molecule has 5 rings (SSSR count). The van der Waals surface area contributed by atoms with Gasteiger partial charge in [0.15, 0.2) is 0 Å². The lowest BCUT2D eigenvalue weighted by Gasteiger charge is -2.28. The first kappa shape index (κ1) is 20.7. The van der Waals surface area contributed by atoms with Gasteiger partial charge in [-0.15, -0.1) is 11.3 Å². The minimum Gasteiger partial charge on any atom is -0.481 e. The molecule has 1 aromatic heterocycles. The summed E-state index contributed by atoms with van der Waals surface area (Å²) in [5.41, 5.74) is 1.69. The molecule has 31 heavy (non-hydrogen) atoms. The fraction of sp³-hybridized carbons (Fsp3) is 0.609. The van der Waals surface area contributed by atoms with Crippen LogP contribution in [0.15, 0.2) is 12.2 Å². The highest BCUT2D eigenvalue weighted by Gasteiger charge is 2.52. The molecule has 0 spiro atoms. The van der Waals surface area contributed by atoms with Crippen LogP contribution in [0.25, 0.3) is 0 Å². The zero-order valence-corrected chi connectivity index (χ0v) is 18.5. The Morgan fingerprint density at radius 2 is 1.87 bits per heavy atom. The average Bonchev–Trinajstić information content (AvgIpc) is 3.46. The lowest BCUT2D eigenvalue weighted by Crippen LogP contribution is -2.41. The summed E-state index contributed by atoms with van der Waals surface area (Å²) in [4.78, 5) is 41.6. The van der Waals surface area contributed by atoms with Crippen LogP contribution in [0.4, 0.5) is 5.00 Å². The predicted octanol–water partition coefficient (Wildman–Crippen LogP) is 2.81.